The molecule has 5 nitrogen and oxygen atoms in total. The molecule has 0 atom stereocenters. The Bertz CT molecular complexity index is 585. The molecule has 3 N–H and O–H groups in total. The fraction of sp³-hybridized carbons (Fsp3) is 0.462. The smallest absolute Gasteiger partial charge is 0.239 e. The molecule has 0 saturated heterocycles. The molecule has 0 radical (unpaired) electrons. The van der Waals surface area contributed by atoms with Crippen molar-refractivity contribution in [1.29, 1.82) is 0 Å². The molecule has 1 aromatic carbocycles. The van der Waals surface area contributed by atoms with Crippen molar-refractivity contribution >= 4 is 38.7 Å². The highest BCUT2D eigenvalue weighted by molar-refractivity contribution is 7.92. The molecule has 20 heavy (non-hydrogen) atoms. The fourth-order valence-electron chi connectivity index (χ4n) is 1.51. The molecule has 0 saturated carbocycles. The Balaban J connectivity index is 2.63. The average Bonchev–Trinajstić information content (AvgIpc) is 2.30. The molecule has 0 aliphatic carbocycles. The summed E-state index contributed by atoms with van der Waals surface area (Å²) in [4.78, 5) is 11.7. The van der Waals surface area contributed by atoms with Crippen LogP contribution in [0.25, 0.3) is 0 Å². The summed E-state index contributed by atoms with van der Waals surface area (Å²) in [7, 11) is -3.40. The second-order valence-electron chi connectivity index (χ2n) is 5.06. The summed E-state index contributed by atoms with van der Waals surface area (Å²) in [5.41, 5.74) is 6.36. The van der Waals surface area contributed by atoms with E-state index in [1.54, 1.807) is 6.07 Å². The van der Waals surface area contributed by atoms with Crippen molar-refractivity contribution in [3.8, 4) is 0 Å². The van der Waals surface area contributed by atoms with Gasteiger partial charge in [-0.3, -0.25) is 4.79 Å². The van der Waals surface area contributed by atoms with Crippen LogP contribution in [0.3, 0.4) is 0 Å². The highest BCUT2D eigenvalue weighted by Crippen LogP contribution is 2.24. The van der Waals surface area contributed by atoms with Crippen molar-refractivity contribution < 1.29 is 13.2 Å². The number of hydrogen-bond donors (Lipinski definition) is 2. The first-order valence-electron chi connectivity index (χ1n) is 6.25. The van der Waals surface area contributed by atoms with Crippen LogP contribution in [0, 0.1) is 5.92 Å². The third-order valence-corrected chi connectivity index (χ3v) is 4.50. The average molecular weight is 319 g/mol. The standard InChI is InChI=1S/C13H19ClN2O3S/c1-9(2)5-6-20(18,19)8-13(17)16-12-4-3-10(15)7-11(12)14/h3-4,7,9H,5-6,8,15H2,1-2H3,(H,16,17). The Hall–Kier alpha value is -1.27. The molecular formula is C13H19ClN2O3S. The molecular weight excluding hydrogens is 300 g/mol. The monoisotopic (exact) mass is 318 g/mol. The lowest BCUT2D eigenvalue weighted by molar-refractivity contribution is -0.113. The molecule has 0 bridgehead atoms. The van der Waals surface area contributed by atoms with Gasteiger partial charge in [0.1, 0.15) is 5.75 Å². The number of rotatable bonds is 6. The first-order valence-corrected chi connectivity index (χ1v) is 8.45. The number of hydrogen-bond acceptors (Lipinski definition) is 4. The van der Waals surface area contributed by atoms with Gasteiger partial charge in [-0.15, -0.1) is 0 Å². The first kappa shape index (κ1) is 16.8. The molecule has 0 heterocycles. The van der Waals surface area contributed by atoms with E-state index in [1.807, 2.05) is 13.8 Å². The summed E-state index contributed by atoms with van der Waals surface area (Å²) in [6.45, 7) is 3.87. The van der Waals surface area contributed by atoms with Crippen molar-refractivity contribution in [2.24, 2.45) is 5.92 Å². The number of sulfone groups is 1. The maximum Gasteiger partial charge on any atom is 0.239 e. The molecule has 1 rings (SSSR count). The van der Waals surface area contributed by atoms with Gasteiger partial charge in [-0.2, -0.15) is 0 Å². The van der Waals surface area contributed by atoms with Gasteiger partial charge in [-0.25, -0.2) is 8.42 Å². The summed E-state index contributed by atoms with van der Waals surface area (Å²) in [5.74, 6) is -0.853. The van der Waals surface area contributed by atoms with Crippen LogP contribution in [0.2, 0.25) is 5.02 Å². The van der Waals surface area contributed by atoms with E-state index in [1.165, 1.54) is 12.1 Å². The summed E-state index contributed by atoms with van der Waals surface area (Å²) in [6.07, 6.45) is 0.540. The number of benzene rings is 1. The van der Waals surface area contributed by atoms with Crippen LogP contribution >= 0.6 is 11.6 Å². The maximum atomic E-state index is 11.8. The van der Waals surface area contributed by atoms with Gasteiger partial charge in [0.2, 0.25) is 5.91 Å². The van der Waals surface area contributed by atoms with Crippen molar-refractivity contribution in [2.75, 3.05) is 22.6 Å². The SMILES string of the molecule is CC(C)CCS(=O)(=O)CC(=O)Nc1ccc(N)cc1Cl. The van der Waals surface area contributed by atoms with Crippen molar-refractivity contribution in [2.45, 2.75) is 20.3 Å². The molecule has 7 heteroatoms. The van der Waals surface area contributed by atoms with Gasteiger partial charge in [0.15, 0.2) is 9.84 Å². The number of anilines is 2. The quantitative estimate of drug-likeness (QED) is 0.788. The minimum absolute atomic E-state index is 0.00750. The zero-order valence-corrected chi connectivity index (χ0v) is 13.1. The van der Waals surface area contributed by atoms with Gasteiger partial charge in [-0.1, -0.05) is 25.4 Å². The summed E-state index contributed by atoms with van der Waals surface area (Å²) in [6, 6.07) is 4.61. The van der Waals surface area contributed by atoms with Crippen molar-refractivity contribution in [1.82, 2.24) is 0 Å². The van der Waals surface area contributed by atoms with Gasteiger partial charge in [0.25, 0.3) is 0 Å². The highest BCUT2D eigenvalue weighted by Gasteiger charge is 2.17. The van der Waals surface area contributed by atoms with E-state index < -0.39 is 21.5 Å². The van der Waals surface area contributed by atoms with Crippen LogP contribution in [0.5, 0.6) is 0 Å². The predicted octanol–water partition coefficient (Wildman–Crippen LogP) is 2.32. The number of carbonyl (C=O) groups excluding carboxylic acids is 1. The summed E-state index contributed by atoms with van der Waals surface area (Å²) < 4.78 is 23.5. The zero-order valence-electron chi connectivity index (χ0n) is 11.5. The van der Waals surface area contributed by atoms with Crippen LogP contribution in [0.1, 0.15) is 20.3 Å². The van der Waals surface area contributed by atoms with Gasteiger partial charge < -0.3 is 11.1 Å². The predicted molar refractivity (Wildman–Crippen MR) is 82.6 cm³/mol. The lowest BCUT2D eigenvalue weighted by atomic mass is 10.2. The number of amides is 1. The third kappa shape index (κ3) is 5.79. The Kier molecular flexibility index (Phi) is 5.83. The highest BCUT2D eigenvalue weighted by atomic mass is 35.5. The van der Waals surface area contributed by atoms with E-state index >= 15 is 0 Å². The van der Waals surface area contributed by atoms with Crippen molar-refractivity contribution in [3.63, 3.8) is 0 Å². The first-order chi connectivity index (χ1) is 9.19. The van der Waals surface area contributed by atoms with Crippen LogP contribution in [0.15, 0.2) is 18.2 Å². The van der Waals surface area contributed by atoms with E-state index in [2.05, 4.69) is 5.32 Å². The molecule has 0 fully saturated rings. The number of nitrogens with one attached hydrogen (secondary N) is 1. The van der Waals surface area contributed by atoms with Crippen LogP contribution in [0.4, 0.5) is 11.4 Å². The molecule has 0 spiro atoms. The number of halogens is 1. The van der Waals surface area contributed by atoms with Gasteiger partial charge in [-0.05, 0) is 30.5 Å². The van der Waals surface area contributed by atoms with E-state index in [0.29, 0.717) is 17.8 Å². The Labute approximate surface area is 124 Å². The van der Waals surface area contributed by atoms with E-state index in [9.17, 15) is 13.2 Å². The molecule has 1 amide bonds. The van der Waals surface area contributed by atoms with Crippen molar-refractivity contribution in [3.05, 3.63) is 23.2 Å². The molecule has 0 aliphatic rings. The molecule has 1 aromatic rings. The van der Waals surface area contributed by atoms with Crippen LogP contribution < -0.4 is 11.1 Å². The second kappa shape index (κ2) is 6.95. The number of nitrogen functional groups attached to an aromatic ring is 1. The summed E-state index contributed by atoms with van der Waals surface area (Å²) >= 11 is 5.90. The minimum Gasteiger partial charge on any atom is -0.399 e. The van der Waals surface area contributed by atoms with Crippen LogP contribution in [-0.4, -0.2) is 25.8 Å². The number of carbonyl (C=O) groups is 1. The molecule has 0 aromatic heterocycles. The topological polar surface area (TPSA) is 89.3 Å². The maximum absolute atomic E-state index is 11.8. The Morgan fingerprint density at radius 2 is 2.05 bits per heavy atom. The van der Waals surface area contributed by atoms with Crippen LogP contribution in [-0.2, 0) is 14.6 Å². The van der Waals surface area contributed by atoms with Gasteiger partial charge in [0.05, 0.1) is 16.5 Å². The molecule has 0 unspecified atom stereocenters. The Morgan fingerprint density at radius 1 is 1.40 bits per heavy atom. The van der Waals surface area contributed by atoms with E-state index in [-0.39, 0.29) is 16.7 Å². The van der Waals surface area contributed by atoms with Gasteiger partial charge in [0, 0.05) is 5.69 Å². The third-order valence-electron chi connectivity index (χ3n) is 2.62. The van der Waals surface area contributed by atoms with Gasteiger partial charge >= 0.3 is 0 Å². The minimum atomic E-state index is -3.40. The second-order valence-corrected chi connectivity index (χ2v) is 7.65. The lowest BCUT2D eigenvalue weighted by Gasteiger charge is -2.09. The lowest BCUT2D eigenvalue weighted by Crippen LogP contribution is -2.25. The molecule has 0 aliphatic heterocycles. The summed E-state index contributed by atoms with van der Waals surface area (Å²) in [5, 5.41) is 2.75. The fourth-order valence-corrected chi connectivity index (χ4v) is 3.19. The van der Waals surface area contributed by atoms with E-state index in [0.717, 1.165) is 0 Å². The number of nitrogens with two attached hydrogens (primary N) is 1. The normalized spacial score (nSPS) is 11.6. The molecule has 112 valence electrons. The van der Waals surface area contributed by atoms with E-state index in [4.69, 9.17) is 17.3 Å². The zero-order chi connectivity index (χ0) is 15.3. The Morgan fingerprint density at radius 3 is 2.60 bits per heavy atom. The largest absolute Gasteiger partial charge is 0.399 e.